The zero-order chi connectivity index (χ0) is 37.2. The van der Waals surface area contributed by atoms with Crippen molar-refractivity contribution >= 4 is 75.6 Å². The molecule has 0 aromatic heterocycles. The molecule has 0 aliphatic heterocycles. The molecule has 0 aliphatic carbocycles. The highest BCUT2D eigenvalue weighted by Gasteiger charge is 2.31. The first-order valence-electron chi connectivity index (χ1n) is 15.7. The standard InChI is InChI=1S/C32H45ClIN11O5/c1-18(46)42-23(4-2-14-40-31(36)37)28(48)45-26(17-19-6-10-21(33)11-7-19)30(50)43-24(5-3-15-41-32(38)39)29(49)44-25(27(35)47)16-20-8-12-22(34)13-9-20/h6-13,23-26H,2-5,14-17H2,1H3,(H2,35,47)(H,42,46)(H,43,50)(H,44,49)(H,45,48)(H4,36,37,40)(H4,38,39,41)/t23-,24-,25-,26+/m0/s1. The van der Waals surface area contributed by atoms with Crippen molar-refractivity contribution < 1.29 is 24.0 Å². The van der Waals surface area contributed by atoms with Gasteiger partial charge in [-0.25, -0.2) is 0 Å². The number of carbonyl (C=O) groups is 5. The molecule has 0 spiro atoms. The maximum atomic E-state index is 13.9. The first-order valence-corrected chi connectivity index (χ1v) is 17.2. The van der Waals surface area contributed by atoms with Gasteiger partial charge in [0.15, 0.2) is 11.9 Å². The van der Waals surface area contributed by atoms with E-state index in [4.69, 9.17) is 40.3 Å². The molecule has 50 heavy (non-hydrogen) atoms. The van der Waals surface area contributed by atoms with Crippen molar-refractivity contribution in [3.8, 4) is 0 Å². The summed E-state index contributed by atoms with van der Waals surface area (Å²) in [5, 5.41) is 11.1. The van der Waals surface area contributed by atoms with Crippen LogP contribution in [0.25, 0.3) is 0 Å². The van der Waals surface area contributed by atoms with Crippen LogP contribution in [0.5, 0.6) is 0 Å². The minimum atomic E-state index is -1.20. The van der Waals surface area contributed by atoms with Crippen molar-refractivity contribution in [2.24, 2.45) is 38.7 Å². The predicted molar refractivity (Wildman–Crippen MR) is 200 cm³/mol. The summed E-state index contributed by atoms with van der Waals surface area (Å²) < 4.78 is 0.990. The van der Waals surface area contributed by atoms with Gasteiger partial charge in [-0.05, 0) is 83.7 Å². The molecule has 18 heteroatoms. The van der Waals surface area contributed by atoms with E-state index < -0.39 is 53.7 Å². The van der Waals surface area contributed by atoms with E-state index in [0.29, 0.717) is 17.0 Å². The van der Waals surface area contributed by atoms with Gasteiger partial charge in [-0.15, -0.1) is 0 Å². The summed E-state index contributed by atoms with van der Waals surface area (Å²) in [5.74, 6) is -3.50. The summed E-state index contributed by atoms with van der Waals surface area (Å²) in [4.78, 5) is 73.2. The number of amides is 5. The SMILES string of the molecule is CC(=O)N[C@@H](CCCN=C(N)N)C(=O)N[C@H](Cc1ccc(Cl)cc1)C(=O)N[C@@H](CCCN=C(N)N)C(=O)N[C@@H](Cc1ccc(I)cc1)C(N)=O. The summed E-state index contributed by atoms with van der Waals surface area (Å²) in [6.45, 7) is 1.64. The molecule has 0 aliphatic rings. The number of nitrogens with zero attached hydrogens (tertiary/aromatic N) is 2. The molecule has 4 atom stereocenters. The number of rotatable bonds is 20. The molecular weight excluding hydrogens is 781 g/mol. The third kappa shape index (κ3) is 16.2. The average Bonchev–Trinajstić information content (AvgIpc) is 3.04. The van der Waals surface area contributed by atoms with E-state index in [1.165, 1.54) is 6.92 Å². The third-order valence-corrected chi connectivity index (χ3v) is 8.19. The normalized spacial score (nSPS) is 13.0. The van der Waals surface area contributed by atoms with E-state index in [1.54, 1.807) is 24.3 Å². The number of primary amides is 1. The van der Waals surface area contributed by atoms with E-state index in [2.05, 4.69) is 53.8 Å². The van der Waals surface area contributed by atoms with Crippen LogP contribution in [-0.4, -0.2) is 78.7 Å². The van der Waals surface area contributed by atoms with Gasteiger partial charge in [-0.3, -0.25) is 34.0 Å². The average molecular weight is 826 g/mol. The molecule has 0 unspecified atom stereocenters. The van der Waals surface area contributed by atoms with Gasteiger partial charge in [-0.1, -0.05) is 35.9 Å². The van der Waals surface area contributed by atoms with Gasteiger partial charge in [0.2, 0.25) is 29.5 Å². The van der Waals surface area contributed by atoms with Crippen molar-refractivity contribution in [3.63, 3.8) is 0 Å². The topological polar surface area (TPSA) is 288 Å². The fraction of sp³-hybridized carbons (Fsp3) is 0.406. The Morgan fingerprint density at radius 3 is 1.50 bits per heavy atom. The van der Waals surface area contributed by atoms with Crippen molar-refractivity contribution in [3.05, 3.63) is 68.3 Å². The molecule has 5 amide bonds. The minimum absolute atomic E-state index is 0.00852. The number of hydrogen-bond acceptors (Lipinski definition) is 7. The van der Waals surface area contributed by atoms with E-state index in [-0.39, 0.29) is 57.1 Å². The Labute approximate surface area is 309 Å². The second kappa shape index (κ2) is 21.4. The van der Waals surface area contributed by atoms with Crippen LogP contribution in [0.2, 0.25) is 5.02 Å². The van der Waals surface area contributed by atoms with Crippen molar-refractivity contribution in [1.82, 2.24) is 21.3 Å². The molecule has 272 valence electrons. The van der Waals surface area contributed by atoms with E-state index >= 15 is 0 Å². The van der Waals surface area contributed by atoms with Crippen molar-refractivity contribution in [2.45, 2.75) is 69.6 Å². The quantitative estimate of drug-likeness (QED) is 0.0352. The lowest BCUT2D eigenvalue weighted by Gasteiger charge is -2.26. The molecule has 0 fully saturated rings. The zero-order valence-electron chi connectivity index (χ0n) is 27.7. The maximum Gasteiger partial charge on any atom is 0.243 e. The molecule has 2 aromatic rings. The first-order chi connectivity index (χ1) is 23.6. The van der Waals surface area contributed by atoms with Crippen molar-refractivity contribution in [2.75, 3.05) is 13.1 Å². The number of hydrogen-bond donors (Lipinski definition) is 9. The first kappa shape index (κ1) is 41.5. The molecule has 0 bridgehead atoms. The number of benzene rings is 2. The lowest BCUT2D eigenvalue weighted by atomic mass is 10.0. The monoisotopic (exact) mass is 825 g/mol. The van der Waals surface area contributed by atoms with Crippen LogP contribution >= 0.6 is 34.2 Å². The Hall–Kier alpha value is -4.65. The molecule has 2 aromatic carbocycles. The summed E-state index contributed by atoms with van der Waals surface area (Å²) in [6.07, 6.45) is 1.01. The highest BCUT2D eigenvalue weighted by Crippen LogP contribution is 2.13. The van der Waals surface area contributed by atoms with Gasteiger partial charge < -0.3 is 49.9 Å². The number of guanidine groups is 2. The minimum Gasteiger partial charge on any atom is -0.370 e. The molecular formula is C32H45ClIN11O5. The molecule has 0 saturated heterocycles. The zero-order valence-corrected chi connectivity index (χ0v) is 30.6. The Bertz CT molecular complexity index is 1520. The number of nitrogens with one attached hydrogen (secondary N) is 4. The van der Waals surface area contributed by atoms with Gasteiger partial charge in [-0.2, -0.15) is 0 Å². The third-order valence-electron chi connectivity index (χ3n) is 7.22. The van der Waals surface area contributed by atoms with Crippen LogP contribution in [0.15, 0.2) is 58.5 Å². The highest BCUT2D eigenvalue weighted by atomic mass is 127. The van der Waals surface area contributed by atoms with Crippen LogP contribution in [0.1, 0.15) is 43.7 Å². The van der Waals surface area contributed by atoms with Crippen LogP contribution in [0.4, 0.5) is 0 Å². The van der Waals surface area contributed by atoms with Crippen LogP contribution in [0.3, 0.4) is 0 Å². The molecule has 2 rings (SSSR count). The second-order valence-corrected chi connectivity index (χ2v) is 13.1. The van der Waals surface area contributed by atoms with Crippen LogP contribution < -0.4 is 49.9 Å². The lowest BCUT2D eigenvalue weighted by Crippen LogP contribution is -2.58. The summed E-state index contributed by atoms with van der Waals surface area (Å²) >= 11 is 8.20. The van der Waals surface area contributed by atoms with E-state index in [1.807, 2.05) is 24.3 Å². The second-order valence-electron chi connectivity index (χ2n) is 11.4. The van der Waals surface area contributed by atoms with Gasteiger partial charge in [0.05, 0.1) is 0 Å². The molecule has 0 radical (unpaired) electrons. The van der Waals surface area contributed by atoms with Crippen molar-refractivity contribution in [1.29, 1.82) is 0 Å². The summed E-state index contributed by atoms with van der Waals surface area (Å²) in [7, 11) is 0. The highest BCUT2D eigenvalue weighted by molar-refractivity contribution is 14.1. The maximum absolute atomic E-state index is 13.9. The summed E-state index contributed by atoms with van der Waals surface area (Å²) in [5.41, 5.74) is 28.7. The Morgan fingerprint density at radius 2 is 1.04 bits per heavy atom. The number of aliphatic imine (C=N–C) groups is 2. The molecule has 0 saturated carbocycles. The summed E-state index contributed by atoms with van der Waals surface area (Å²) in [6, 6.07) is 9.53. The van der Waals surface area contributed by atoms with E-state index in [9.17, 15) is 24.0 Å². The van der Waals surface area contributed by atoms with Crippen LogP contribution in [-0.2, 0) is 36.8 Å². The van der Waals surface area contributed by atoms with E-state index in [0.717, 1.165) is 9.13 Å². The molecule has 0 heterocycles. The van der Waals surface area contributed by atoms with Gasteiger partial charge in [0.25, 0.3) is 0 Å². The smallest absolute Gasteiger partial charge is 0.243 e. The fourth-order valence-corrected chi connectivity index (χ4v) is 5.24. The van der Waals surface area contributed by atoms with Crippen LogP contribution in [0, 0.1) is 3.57 Å². The fourth-order valence-electron chi connectivity index (χ4n) is 4.75. The number of carbonyl (C=O) groups excluding carboxylic acids is 5. The molecule has 14 N–H and O–H groups in total. The van der Waals surface area contributed by atoms with Gasteiger partial charge >= 0.3 is 0 Å². The predicted octanol–water partition coefficient (Wildman–Crippen LogP) is -0.719. The lowest BCUT2D eigenvalue weighted by molar-refractivity contribution is -0.134. The van der Waals surface area contributed by atoms with Gasteiger partial charge in [0, 0.05) is 41.4 Å². The van der Waals surface area contributed by atoms with Gasteiger partial charge in [0.1, 0.15) is 24.2 Å². The Kier molecular flexibility index (Phi) is 17.8. The Morgan fingerprint density at radius 1 is 0.640 bits per heavy atom. The number of nitrogens with two attached hydrogens (primary N) is 5. The largest absolute Gasteiger partial charge is 0.370 e. The Balaban J connectivity index is 2.34. The molecule has 16 nitrogen and oxygen atoms in total. The number of halogens is 2.